The summed E-state index contributed by atoms with van der Waals surface area (Å²) in [5, 5.41) is 16.9. The first kappa shape index (κ1) is 22.4. The maximum atomic E-state index is 12.9. The minimum absolute atomic E-state index is 0.0105. The van der Waals surface area contributed by atoms with Gasteiger partial charge in [0.05, 0.1) is 26.4 Å². The van der Waals surface area contributed by atoms with Gasteiger partial charge in [-0.25, -0.2) is 32.0 Å². The third-order valence-electron chi connectivity index (χ3n) is 4.72. The Morgan fingerprint density at radius 2 is 1.91 bits per heavy atom. The Morgan fingerprint density at radius 1 is 1.12 bits per heavy atom. The number of nitrogens with one attached hydrogen (secondary N) is 1. The summed E-state index contributed by atoms with van der Waals surface area (Å²) in [6.07, 6.45) is 0. The van der Waals surface area contributed by atoms with Crippen molar-refractivity contribution in [3.63, 3.8) is 0 Å². The molecule has 0 amide bonds. The normalized spacial score (nSPS) is 14.2. The number of primary sulfonamides is 1. The molecule has 2 heterocycles. The second-order valence-electron chi connectivity index (χ2n) is 6.75. The number of thiazole rings is 1. The van der Waals surface area contributed by atoms with E-state index < -0.39 is 35.4 Å². The third-order valence-corrected chi connectivity index (χ3v) is 8.67. The number of azo groups is 1. The van der Waals surface area contributed by atoms with Crippen LogP contribution in [-0.4, -0.2) is 53.7 Å². The minimum atomic E-state index is -4.52. The lowest BCUT2D eigenvalue weighted by Crippen LogP contribution is -2.24. The molecule has 0 fully saturated rings. The number of amidine groups is 1. The Labute approximate surface area is 188 Å². The van der Waals surface area contributed by atoms with Crippen molar-refractivity contribution in [3.05, 3.63) is 35.9 Å². The van der Waals surface area contributed by atoms with Crippen LogP contribution in [0.1, 0.15) is 5.56 Å². The van der Waals surface area contributed by atoms with Gasteiger partial charge in [-0.15, -0.1) is 5.11 Å². The molecule has 3 aromatic rings. The van der Waals surface area contributed by atoms with E-state index in [0.717, 1.165) is 4.70 Å². The molecule has 2 aromatic carbocycles. The molecule has 4 rings (SSSR count). The van der Waals surface area contributed by atoms with Crippen LogP contribution in [0, 0.1) is 0 Å². The maximum Gasteiger partial charge on any atom is 0.240 e. The molecule has 0 unspecified atom stereocenters. The van der Waals surface area contributed by atoms with Crippen LogP contribution in [0.15, 0.2) is 55.3 Å². The van der Waals surface area contributed by atoms with Gasteiger partial charge in [0.25, 0.3) is 0 Å². The van der Waals surface area contributed by atoms with Crippen LogP contribution in [0.5, 0.6) is 0 Å². The number of fused-ring (bicyclic) bond motifs is 1. The number of hydrogen-bond donors (Lipinski definition) is 3. The highest BCUT2D eigenvalue weighted by molar-refractivity contribution is 7.93. The summed E-state index contributed by atoms with van der Waals surface area (Å²) >= 11 is 1.42. The Balaban J connectivity index is 2.15. The smallest absolute Gasteiger partial charge is 0.240 e. The minimum Gasteiger partial charge on any atom is -0.365 e. The summed E-state index contributed by atoms with van der Waals surface area (Å²) < 4.78 is 52.0. The molecular weight excluding hydrogens is 474 g/mol. The Hall–Kier alpha value is -2.78. The molecule has 1 aliphatic rings. The summed E-state index contributed by atoms with van der Waals surface area (Å²) in [5.74, 6) is -0.468. The summed E-state index contributed by atoms with van der Waals surface area (Å²) in [6, 6.07) is 8.17. The van der Waals surface area contributed by atoms with Crippen LogP contribution in [0.25, 0.3) is 21.3 Å². The number of hydrogen-bond acceptors (Lipinski definition) is 11. The van der Waals surface area contributed by atoms with E-state index in [4.69, 9.17) is 10.9 Å². The van der Waals surface area contributed by atoms with Crippen molar-refractivity contribution in [3.8, 4) is 11.1 Å². The van der Waals surface area contributed by atoms with E-state index in [1.54, 1.807) is 19.2 Å². The van der Waals surface area contributed by atoms with Gasteiger partial charge in [-0.1, -0.05) is 29.5 Å². The molecule has 0 atom stereocenters. The Bertz CT molecular complexity index is 1490. The van der Waals surface area contributed by atoms with E-state index in [1.165, 1.54) is 23.5 Å². The van der Waals surface area contributed by atoms with Gasteiger partial charge in [0.1, 0.15) is 4.90 Å². The summed E-state index contributed by atoms with van der Waals surface area (Å²) in [4.78, 5) is 7.69. The summed E-state index contributed by atoms with van der Waals surface area (Å²) in [7, 11) is -6.83. The van der Waals surface area contributed by atoms with Crippen LogP contribution in [-0.2, 0) is 19.9 Å². The molecular formula is C18H19N7O4S3. The lowest BCUT2D eigenvalue weighted by atomic mass is 9.98. The van der Waals surface area contributed by atoms with Crippen LogP contribution >= 0.6 is 11.3 Å². The van der Waals surface area contributed by atoms with Crippen molar-refractivity contribution in [1.29, 1.82) is 0 Å². The molecule has 0 saturated carbocycles. The van der Waals surface area contributed by atoms with E-state index in [2.05, 4.69) is 25.5 Å². The van der Waals surface area contributed by atoms with Crippen molar-refractivity contribution in [2.45, 2.75) is 9.79 Å². The molecule has 14 heteroatoms. The van der Waals surface area contributed by atoms with Crippen LogP contribution < -0.4 is 16.2 Å². The van der Waals surface area contributed by atoms with Crippen molar-refractivity contribution >= 4 is 52.4 Å². The first-order chi connectivity index (χ1) is 15.2. The molecule has 1 aromatic heterocycles. The SMILES string of the molecule is CNc1nc2c(-c3ccc(S(=O)(=O)CCN)c(S(N)(=O)=O)c3C3=NCN=N3)cccc2s1. The number of rotatable bonds is 7. The highest BCUT2D eigenvalue weighted by atomic mass is 32.2. The zero-order valence-electron chi connectivity index (χ0n) is 16.8. The number of nitrogens with zero attached hydrogens (tertiary/aromatic N) is 4. The second kappa shape index (κ2) is 8.29. The van der Waals surface area contributed by atoms with Gasteiger partial charge in [0.2, 0.25) is 10.0 Å². The zero-order valence-corrected chi connectivity index (χ0v) is 19.3. The van der Waals surface area contributed by atoms with Gasteiger partial charge in [0.15, 0.2) is 27.5 Å². The number of aliphatic imine (C=N–C) groups is 1. The lowest BCUT2D eigenvalue weighted by molar-refractivity contribution is 0.583. The number of sulfone groups is 1. The summed E-state index contributed by atoms with van der Waals surface area (Å²) in [5.41, 5.74) is 6.97. The van der Waals surface area contributed by atoms with Gasteiger partial charge < -0.3 is 11.1 Å². The first-order valence-electron chi connectivity index (χ1n) is 9.30. The number of aromatic nitrogens is 1. The summed E-state index contributed by atoms with van der Waals surface area (Å²) in [6.45, 7) is -0.196. The predicted molar refractivity (Wildman–Crippen MR) is 123 cm³/mol. The lowest BCUT2D eigenvalue weighted by Gasteiger charge is -2.17. The molecule has 5 N–H and O–H groups in total. The molecule has 0 radical (unpaired) electrons. The topological polar surface area (TPSA) is 182 Å². The largest absolute Gasteiger partial charge is 0.365 e. The van der Waals surface area contributed by atoms with Gasteiger partial charge >= 0.3 is 0 Å². The first-order valence-corrected chi connectivity index (χ1v) is 13.3. The van der Waals surface area contributed by atoms with E-state index in [1.807, 2.05) is 6.07 Å². The molecule has 0 spiro atoms. The van der Waals surface area contributed by atoms with Gasteiger partial charge in [0, 0.05) is 19.2 Å². The zero-order chi connectivity index (χ0) is 23.1. The molecule has 0 aliphatic carbocycles. The van der Waals surface area contributed by atoms with Crippen LogP contribution in [0.3, 0.4) is 0 Å². The predicted octanol–water partition coefficient (Wildman–Crippen LogP) is 1.55. The van der Waals surface area contributed by atoms with Gasteiger partial charge in [-0.3, -0.25) is 0 Å². The van der Waals surface area contributed by atoms with Gasteiger partial charge in [-0.05, 0) is 17.7 Å². The fourth-order valence-electron chi connectivity index (χ4n) is 3.43. The average Bonchev–Trinajstić information content (AvgIpc) is 3.41. The standard InChI is InChI=1S/C18H19N7O4S3/c1-21-18-24-15-11(3-2-4-12(15)30-18)10-5-6-13(31(26,27)8-7-19)16(32(20,28)29)14(10)17-22-9-23-25-17/h2-6H,7-9,19H2,1H3,(H,21,24)(H2,20,28,29). The van der Waals surface area contributed by atoms with Crippen molar-refractivity contribution < 1.29 is 16.8 Å². The second-order valence-corrected chi connectivity index (χ2v) is 11.4. The monoisotopic (exact) mass is 493 g/mol. The van der Waals surface area contributed by atoms with Crippen LogP contribution in [0.2, 0.25) is 0 Å². The highest BCUT2D eigenvalue weighted by Gasteiger charge is 2.32. The Morgan fingerprint density at radius 3 is 2.53 bits per heavy atom. The van der Waals surface area contributed by atoms with E-state index in [9.17, 15) is 16.8 Å². The number of para-hydroxylation sites is 1. The fourth-order valence-corrected chi connectivity index (χ4v) is 7.03. The highest BCUT2D eigenvalue weighted by Crippen LogP contribution is 2.39. The number of sulfonamides is 1. The number of nitrogens with two attached hydrogens (primary N) is 2. The Kier molecular flexibility index (Phi) is 5.81. The average molecular weight is 494 g/mol. The van der Waals surface area contributed by atoms with Gasteiger partial charge in [-0.2, -0.15) is 5.11 Å². The van der Waals surface area contributed by atoms with Crippen molar-refractivity contribution in [2.24, 2.45) is 26.1 Å². The van der Waals surface area contributed by atoms with E-state index in [0.29, 0.717) is 21.8 Å². The molecule has 32 heavy (non-hydrogen) atoms. The quantitative estimate of drug-likeness (QED) is 0.446. The van der Waals surface area contributed by atoms with Crippen LogP contribution in [0.4, 0.5) is 5.13 Å². The van der Waals surface area contributed by atoms with Crippen molar-refractivity contribution in [1.82, 2.24) is 4.98 Å². The molecule has 1 aliphatic heterocycles. The molecule has 168 valence electrons. The molecule has 11 nitrogen and oxygen atoms in total. The third kappa shape index (κ3) is 3.91. The number of anilines is 1. The van der Waals surface area contributed by atoms with E-state index >= 15 is 0 Å². The molecule has 0 bridgehead atoms. The van der Waals surface area contributed by atoms with E-state index in [-0.39, 0.29) is 24.6 Å². The fraction of sp³-hybridized carbons (Fsp3) is 0.222. The maximum absolute atomic E-state index is 12.9. The van der Waals surface area contributed by atoms with Crippen molar-refractivity contribution in [2.75, 3.05) is 31.3 Å². The number of benzene rings is 2. The molecule has 0 saturated heterocycles.